The zero-order valence-corrected chi connectivity index (χ0v) is 11.5. The van der Waals surface area contributed by atoms with Crippen LogP contribution in [0.15, 0.2) is 0 Å². The highest BCUT2D eigenvalue weighted by Gasteiger charge is 2.19. The quantitative estimate of drug-likeness (QED) is 0.444. The van der Waals surface area contributed by atoms with Crippen LogP contribution in [0, 0.1) is 0 Å². The first-order valence-electron chi connectivity index (χ1n) is 6.07. The molecule has 0 radical (unpaired) electrons. The number of carbonyl (C=O) groups excluding carboxylic acids is 1. The maximum absolute atomic E-state index is 12.5. The zero-order valence-electron chi connectivity index (χ0n) is 10.6. The van der Waals surface area contributed by atoms with E-state index in [1.54, 1.807) is 0 Å². The number of hydrogen-bond acceptors (Lipinski definition) is 3. The summed E-state index contributed by atoms with van der Waals surface area (Å²) in [4.78, 5) is 11.1. The molecule has 0 amide bonds. The molecule has 0 bridgehead atoms. The van der Waals surface area contributed by atoms with Gasteiger partial charge in [-0.05, 0) is 31.9 Å². The van der Waals surface area contributed by atoms with E-state index in [0.717, 1.165) is 31.9 Å². The van der Waals surface area contributed by atoms with Crippen molar-refractivity contribution in [2.75, 3.05) is 18.1 Å². The van der Waals surface area contributed by atoms with Crippen molar-refractivity contribution in [1.82, 2.24) is 0 Å². The standard InChI is InChI=1S/C12H22F2O2S/c1-3-8-16-11(15)10-17-9-6-4-5-7-12(2,13)14/h3-10H2,1-2H3. The topological polar surface area (TPSA) is 26.3 Å². The van der Waals surface area contributed by atoms with Gasteiger partial charge in [0.25, 0.3) is 0 Å². The highest BCUT2D eigenvalue weighted by molar-refractivity contribution is 7.99. The molecule has 0 aliphatic rings. The fourth-order valence-electron chi connectivity index (χ4n) is 1.23. The molecule has 0 aliphatic carbocycles. The molecule has 0 heterocycles. The summed E-state index contributed by atoms with van der Waals surface area (Å²) < 4.78 is 29.8. The first kappa shape index (κ1) is 16.7. The van der Waals surface area contributed by atoms with E-state index in [0.29, 0.717) is 18.8 Å². The van der Waals surface area contributed by atoms with Crippen LogP contribution in [0.5, 0.6) is 0 Å². The Kier molecular flexibility index (Phi) is 9.50. The fraction of sp³-hybridized carbons (Fsp3) is 0.917. The van der Waals surface area contributed by atoms with Crippen molar-refractivity contribution in [3.8, 4) is 0 Å². The average Bonchev–Trinajstić information content (AvgIpc) is 2.23. The van der Waals surface area contributed by atoms with E-state index >= 15 is 0 Å². The number of hydrogen-bond donors (Lipinski definition) is 0. The van der Waals surface area contributed by atoms with Crippen molar-refractivity contribution in [2.24, 2.45) is 0 Å². The van der Waals surface area contributed by atoms with Crippen LogP contribution in [0.2, 0.25) is 0 Å². The van der Waals surface area contributed by atoms with Crippen molar-refractivity contribution >= 4 is 17.7 Å². The summed E-state index contributed by atoms with van der Waals surface area (Å²) in [6, 6.07) is 0. The van der Waals surface area contributed by atoms with Crippen molar-refractivity contribution in [1.29, 1.82) is 0 Å². The van der Waals surface area contributed by atoms with Crippen molar-refractivity contribution in [2.45, 2.75) is 51.9 Å². The van der Waals surface area contributed by atoms with E-state index in [1.165, 1.54) is 11.8 Å². The molecule has 0 atom stereocenters. The van der Waals surface area contributed by atoms with Gasteiger partial charge in [0.15, 0.2) is 0 Å². The zero-order chi connectivity index (χ0) is 13.1. The smallest absolute Gasteiger partial charge is 0.315 e. The number of thioether (sulfide) groups is 1. The molecule has 0 saturated carbocycles. The Morgan fingerprint density at radius 2 is 2.00 bits per heavy atom. The molecule has 0 saturated heterocycles. The molecule has 0 aromatic carbocycles. The molecule has 5 heteroatoms. The Morgan fingerprint density at radius 1 is 1.29 bits per heavy atom. The molecule has 0 spiro atoms. The van der Waals surface area contributed by atoms with Gasteiger partial charge in [-0.15, -0.1) is 0 Å². The van der Waals surface area contributed by atoms with Gasteiger partial charge in [0.05, 0.1) is 12.4 Å². The lowest BCUT2D eigenvalue weighted by atomic mass is 10.1. The summed E-state index contributed by atoms with van der Waals surface area (Å²) in [5.41, 5.74) is 0. The monoisotopic (exact) mass is 268 g/mol. The van der Waals surface area contributed by atoms with Crippen LogP contribution in [0.1, 0.15) is 46.0 Å². The number of halogens is 2. The van der Waals surface area contributed by atoms with Gasteiger partial charge in [0, 0.05) is 6.42 Å². The molecule has 102 valence electrons. The van der Waals surface area contributed by atoms with Crippen LogP contribution < -0.4 is 0 Å². The lowest BCUT2D eigenvalue weighted by Crippen LogP contribution is -2.09. The summed E-state index contributed by atoms with van der Waals surface area (Å²) in [7, 11) is 0. The third kappa shape index (κ3) is 13.6. The maximum atomic E-state index is 12.5. The van der Waals surface area contributed by atoms with Gasteiger partial charge in [-0.3, -0.25) is 4.79 Å². The molecule has 2 nitrogen and oxygen atoms in total. The van der Waals surface area contributed by atoms with Crippen LogP contribution in [-0.4, -0.2) is 30.0 Å². The minimum absolute atomic E-state index is 0.0454. The summed E-state index contributed by atoms with van der Waals surface area (Å²) in [6.45, 7) is 3.38. The second kappa shape index (κ2) is 9.68. The third-order valence-corrected chi connectivity index (χ3v) is 3.11. The lowest BCUT2D eigenvalue weighted by Gasteiger charge is -2.08. The second-order valence-electron chi connectivity index (χ2n) is 4.15. The Bertz CT molecular complexity index is 205. The molecule has 0 rings (SSSR count). The van der Waals surface area contributed by atoms with Crippen LogP contribution in [-0.2, 0) is 9.53 Å². The first-order chi connectivity index (χ1) is 7.95. The first-order valence-corrected chi connectivity index (χ1v) is 7.22. The summed E-state index contributed by atoms with van der Waals surface area (Å²) >= 11 is 1.51. The number of ether oxygens (including phenoxy) is 1. The van der Waals surface area contributed by atoms with E-state index < -0.39 is 5.92 Å². The molecule has 0 fully saturated rings. The molecular weight excluding hydrogens is 246 g/mol. The Morgan fingerprint density at radius 3 is 2.59 bits per heavy atom. The Balaban J connectivity index is 3.21. The van der Waals surface area contributed by atoms with Gasteiger partial charge >= 0.3 is 5.97 Å². The van der Waals surface area contributed by atoms with Gasteiger partial charge in [0.1, 0.15) is 0 Å². The van der Waals surface area contributed by atoms with Gasteiger partial charge < -0.3 is 4.74 Å². The fourth-order valence-corrected chi connectivity index (χ4v) is 2.03. The molecule has 0 aromatic heterocycles. The normalized spacial score (nSPS) is 11.5. The number of rotatable bonds is 10. The van der Waals surface area contributed by atoms with Crippen molar-refractivity contribution in [3.63, 3.8) is 0 Å². The van der Waals surface area contributed by atoms with E-state index in [-0.39, 0.29) is 12.4 Å². The predicted octanol–water partition coefficient (Wildman–Crippen LogP) is 3.89. The third-order valence-electron chi connectivity index (χ3n) is 2.09. The average molecular weight is 268 g/mol. The van der Waals surface area contributed by atoms with Crippen molar-refractivity contribution in [3.05, 3.63) is 0 Å². The Labute approximate surface area is 106 Å². The summed E-state index contributed by atoms with van der Waals surface area (Å²) in [6.07, 6.45) is 3.00. The molecular formula is C12H22F2O2S. The molecule has 0 N–H and O–H groups in total. The maximum Gasteiger partial charge on any atom is 0.315 e. The highest BCUT2D eigenvalue weighted by atomic mass is 32.2. The van der Waals surface area contributed by atoms with Gasteiger partial charge in [-0.25, -0.2) is 8.78 Å². The largest absolute Gasteiger partial charge is 0.465 e. The second-order valence-corrected chi connectivity index (χ2v) is 5.26. The number of alkyl halides is 2. The van der Waals surface area contributed by atoms with E-state index in [2.05, 4.69) is 0 Å². The summed E-state index contributed by atoms with van der Waals surface area (Å²) in [5, 5.41) is 0. The molecule has 17 heavy (non-hydrogen) atoms. The minimum atomic E-state index is -2.54. The number of carbonyl (C=O) groups is 1. The van der Waals surface area contributed by atoms with E-state index in [4.69, 9.17) is 4.74 Å². The number of esters is 1. The SMILES string of the molecule is CCCOC(=O)CSCCCCCC(C)(F)F. The van der Waals surface area contributed by atoms with Crippen LogP contribution in [0.3, 0.4) is 0 Å². The minimum Gasteiger partial charge on any atom is -0.465 e. The van der Waals surface area contributed by atoms with Crippen LogP contribution in [0.25, 0.3) is 0 Å². The Hall–Kier alpha value is -0.320. The van der Waals surface area contributed by atoms with Gasteiger partial charge in [-0.2, -0.15) is 11.8 Å². The lowest BCUT2D eigenvalue weighted by molar-refractivity contribution is -0.140. The number of unbranched alkanes of at least 4 members (excludes halogenated alkanes) is 2. The van der Waals surface area contributed by atoms with E-state index in [9.17, 15) is 13.6 Å². The predicted molar refractivity (Wildman–Crippen MR) is 67.7 cm³/mol. The van der Waals surface area contributed by atoms with E-state index in [1.807, 2.05) is 6.92 Å². The molecule has 0 aromatic rings. The van der Waals surface area contributed by atoms with Crippen molar-refractivity contribution < 1.29 is 18.3 Å². The van der Waals surface area contributed by atoms with Gasteiger partial charge in [-0.1, -0.05) is 13.3 Å². The molecule has 0 unspecified atom stereocenters. The van der Waals surface area contributed by atoms with Crippen LogP contribution in [0.4, 0.5) is 8.78 Å². The van der Waals surface area contributed by atoms with Crippen LogP contribution >= 0.6 is 11.8 Å². The van der Waals surface area contributed by atoms with Gasteiger partial charge in [0.2, 0.25) is 5.92 Å². The highest BCUT2D eigenvalue weighted by Crippen LogP contribution is 2.20. The summed E-state index contributed by atoms with van der Waals surface area (Å²) in [5.74, 6) is -1.53. The molecule has 0 aliphatic heterocycles.